The zero-order chi connectivity index (χ0) is 7.98. The molecule has 0 aliphatic rings. The van der Waals surface area contributed by atoms with Gasteiger partial charge in [0, 0.05) is 0 Å². The van der Waals surface area contributed by atoms with Crippen LogP contribution in [0, 0.1) is 18.8 Å². The summed E-state index contributed by atoms with van der Waals surface area (Å²) < 4.78 is 0. The molecule has 2 radical (unpaired) electrons. The standard InChI is InChI=1S/C10H20/c1-9(2)7-5-6-8-10(3)4/h9H,1,5-8H2,2-4H3. The first kappa shape index (κ1) is 10.0. The second-order valence-electron chi connectivity index (χ2n) is 3.56. The van der Waals surface area contributed by atoms with E-state index in [1.807, 2.05) is 0 Å². The lowest BCUT2D eigenvalue weighted by molar-refractivity contribution is 0.567. The van der Waals surface area contributed by atoms with Crippen LogP contribution < -0.4 is 0 Å². The highest BCUT2D eigenvalue weighted by Gasteiger charge is 1.96. The smallest absolute Gasteiger partial charge is 0.0303 e. The zero-order valence-electron chi connectivity index (χ0n) is 7.61. The summed E-state index contributed by atoms with van der Waals surface area (Å²) in [7, 11) is 0. The van der Waals surface area contributed by atoms with Crippen LogP contribution in [0.3, 0.4) is 0 Å². The van der Waals surface area contributed by atoms with Gasteiger partial charge in [0.1, 0.15) is 0 Å². The predicted octanol–water partition coefficient (Wildman–Crippen LogP) is 3.63. The average molecular weight is 140 g/mol. The molecule has 0 fully saturated rings. The first-order chi connectivity index (χ1) is 4.63. The number of unbranched alkanes of at least 4 members (excludes halogenated alkanes) is 1. The molecule has 1 atom stereocenters. The quantitative estimate of drug-likeness (QED) is 0.511. The van der Waals surface area contributed by atoms with E-state index < -0.39 is 0 Å². The summed E-state index contributed by atoms with van der Waals surface area (Å²) in [5, 5.41) is 0. The number of rotatable bonds is 5. The van der Waals surface area contributed by atoms with Crippen LogP contribution in [-0.2, 0) is 0 Å². The lowest BCUT2D eigenvalue weighted by atomic mass is 10.0. The molecule has 0 N–H and O–H groups in total. The Labute approximate surface area is 66.0 Å². The van der Waals surface area contributed by atoms with Crippen LogP contribution >= 0.6 is 0 Å². The van der Waals surface area contributed by atoms with Gasteiger partial charge in [0.05, 0.1) is 0 Å². The molecular formula is C10H20. The van der Waals surface area contributed by atoms with Gasteiger partial charge in [0.15, 0.2) is 0 Å². The molecule has 0 aromatic rings. The highest BCUT2D eigenvalue weighted by molar-refractivity contribution is 4.75. The first-order valence-electron chi connectivity index (χ1n) is 4.25. The third-order valence-electron chi connectivity index (χ3n) is 1.62. The van der Waals surface area contributed by atoms with E-state index in [9.17, 15) is 0 Å². The molecule has 0 saturated heterocycles. The highest BCUT2D eigenvalue weighted by atomic mass is 14.0. The minimum atomic E-state index is 0.636. The Morgan fingerprint density at radius 3 is 2.30 bits per heavy atom. The van der Waals surface area contributed by atoms with E-state index in [1.54, 1.807) is 5.92 Å². The van der Waals surface area contributed by atoms with Gasteiger partial charge in [-0.05, 0) is 18.3 Å². The van der Waals surface area contributed by atoms with Crippen molar-refractivity contribution in [2.75, 3.05) is 0 Å². The summed E-state index contributed by atoms with van der Waals surface area (Å²) in [5.41, 5.74) is 0. The van der Waals surface area contributed by atoms with Gasteiger partial charge in [-0.2, -0.15) is 0 Å². The fourth-order valence-corrected chi connectivity index (χ4v) is 0.971. The lowest BCUT2D eigenvalue weighted by Gasteiger charge is -2.05. The summed E-state index contributed by atoms with van der Waals surface area (Å²) >= 11 is 0. The molecule has 0 heterocycles. The van der Waals surface area contributed by atoms with Crippen LogP contribution in [-0.4, -0.2) is 0 Å². The summed E-state index contributed by atoms with van der Waals surface area (Å²) in [6.07, 6.45) is 5.28. The largest absolute Gasteiger partial charge is 0.0625 e. The van der Waals surface area contributed by atoms with Crippen LogP contribution in [0.4, 0.5) is 0 Å². The normalized spacial score (nSPS) is 11.4. The van der Waals surface area contributed by atoms with Crippen molar-refractivity contribution >= 4 is 0 Å². The van der Waals surface area contributed by atoms with Crippen molar-refractivity contribution in [1.82, 2.24) is 0 Å². The van der Waals surface area contributed by atoms with E-state index in [0.29, 0.717) is 5.92 Å². The fraction of sp³-hybridized carbons (Fsp3) is 0.800. The Morgan fingerprint density at radius 1 is 1.30 bits per heavy atom. The Kier molecular flexibility index (Phi) is 5.76. The molecule has 0 aromatic heterocycles. The number of hydrogen-bond acceptors (Lipinski definition) is 0. The van der Waals surface area contributed by atoms with E-state index in [4.69, 9.17) is 0 Å². The van der Waals surface area contributed by atoms with E-state index in [0.717, 1.165) is 0 Å². The van der Waals surface area contributed by atoms with Crippen molar-refractivity contribution in [1.29, 1.82) is 0 Å². The van der Waals surface area contributed by atoms with Gasteiger partial charge < -0.3 is 0 Å². The van der Waals surface area contributed by atoms with Crippen molar-refractivity contribution in [2.45, 2.75) is 46.5 Å². The maximum atomic E-state index is 3.95. The van der Waals surface area contributed by atoms with Crippen molar-refractivity contribution in [3.05, 3.63) is 12.8 Å². The van der Waals surface area contributed by atoms with E-state index in [1.165, 1.54) is 25.7 Å². The molecule has 0 heteroatoms. The molecular weight excluding hydrogens is 120 g/mol. The van der Waals surface area contributed by atoms with Gasteiger partial charge >= 0.3 is 0 Å². The van der Waals surface area contributed by atoms with Crippen molar-refractivity contribution in [3.63, 3.8) is 0 Å². The maximum Gasteiger partial charge on any atom is -0.0303 e. The minimum Gasteiger partial charge on any atom is -0.0625 e. The molecule has 0 nitrogen and oxygen atoms in total. The Hall–Kier alpha value is 0. The van der Waals surface area contributed by atoms with Crippen molar-refractivity contribution in [2.24, 2.45) is 5.92 Å². The van der Waals surface area contributed by atoms with Crippen molar-refractivity contribution in [3.8, 4) is 0 Å². The van der Waals surface area contributed by atoms with Gasteiger partial charge in [-0.15, -0.1) is 0 Å². The van der Waals surface area contributed by atoms with E-state index in [-0.39, 0.29) is 0 Å². The third kappa shape index (κ3) is 8.00. The third-order valence-corrected chi connectivity index (χ3v) is 1.62. The van der Waals surface area contributed by atoms with Gasteiger partial charge in [0.2, 0.25) is 0 Å². The molecule has 0 aromatic carbocycles. The second kappa shape index (κ2) is 5.76. The molecule has 0 aliphatic heterocycles. The summed E-state index contributed by atoms with van der Waals surface area (Å²) in [6, 6.07) is 0. The van der Waals surface area contributed by atoms with Crippen LogP contribution in [0.1, 0.15) is 46.5 Å². The monoisotopic (exact) mass is 140 g/mol. The maximum absolute atomic E-state index is 3.95. The predicted molar refractivity (Wildman–Crippen MR) is 47.6 cm³/mol. The van der Waals surface area contributed by atoms with Crippen LogP contribution in [0.5, 0.6) is 0 Å². The lowest BCUT2D eigenvalue weighted by Crippen LogP contribution is -1.89. The first-order valence-corrected chi connectivity index (χ1v) is 4.25. The van der Waals surface area contributed by atoms with Crippen molar-refractivity contribution < 1.29 is 0 Å². The number of hydrogen-bond donors (Lipinski definition) is 0. The van der Waals surface area contributed by atoms with Gasteiger partial charge in [0.25, 0.3) is 0 Å². The second-order valence-corrected chi connectivity index (χ2v) is 3.56. The van der Waals surface area contributed by atoms with E-state index in [2.05, 4.69) is 27.7 Å². The SMILES string of the molecule is [CH2]C(C)CCCC[C](C)C. The summed E-state index contributed by atoms with van der Waals surface area (Å²) in [5.74, 6) is 2.19. The van der Waals surface area contributed by atoms with Gasteiger partial charge in [-0.3, -0.25) is 0 Å². The fourth-order valence-electron chi connectivity index (χ4n) is 0.971. The molecule has 0 aliphatic carbocycles. The summed E-state index contributed by atoms with van der Waals surface area (Å²) in [6.45, 7) is 10.5. The Morgan fingerprint density at radius 2 is 1.90 bits per heavy atom. The molecule has 0 bridgehead atoms. The van der Waals surface area contributed by atoms with Gasteiger partial charge in [-0.25, -0.2) is 0 Å². The molecule has 0 rings (SSSR count). The molecule has 0 amide bonds. The minimum absolute atomic E-state index is 0.636. The van der Waals surface area contributed by atoms with E-state index >= 15 is 0 Å². The van der Waals surface area contributed by atoms with Crippen LogP contribution in [0.2, 0.25) is 0 Å². The van der Waals surface area contributed by atoms with Gasteiger partial charge in [-0.1, -0.05) is 47.0 Å². The molecule has 0 saturated carbocycles. The zero-order valence-corrected chi connectivity index (χ0v) is 7.61. The molecule has 1 unspecified atom stereocenters. The average Bonchev–Trinajstić information content (AvgIpc) is 1.79. The highest BCUT2D eigenvalue weighted by Crippen LogP contribution is 2.12. The summed E-state index contributed by atoms with van der Waals surface area (Å²) in [4.78, 5) is 0. The Bertz CT molecular complexity index is 52.4. The van der Waals surface area contributed by atoms with Crippen LogP contribution in [0.25, 0.3) is 0 Å². The molecule has 10 heavy (non-hydrogen) atoms. The topological polar surface area (TPSA) is 0 Å². The Balaban J connectivity index is 2.91. The van der Waals surface area contributed by atoms with Crippen LogP contribution in [0.15, 0.2) is 0 Å². The molecule has 60 valence electrons. The molecule has 0 spiro atoms.